The predicted molar refractivity (Wildman–Crippen MR) is 130 cm³/mol. The molecule has 3 N–H and O–H groups in total. The molecule has 3 rings (SSSR count). The van der Waals surface area contributed by atoms with Crippen LogP contribution >= 0.6 is 0 Å². The third-order valence-electron chi connectivity index (χ3n) is 6.56. The second-order valence-corrected chi connectivity index (χ2v) is 9.63. The average Bonchev–Trinajstić information content (AvgIpc) is 2.70. The molecule has 0 saturated carbocycles. The predicted octanol–water partition coefficient (Wildman–Crippen LogP) is 6.82. The first kappa shape index (κ1) is 23.1. The number of hydrogen-bond acceptors (Lipinski definition) is 3. The van der Waals surface area contributed by atoms with Gasteiger partial charge < -0.3 is 15.5 Å². The molecule has 1 aliphatic heterocycles. The minimum Gasteiger partial charge on any atom is -0.504 e. The van der Waals surface area contributed by atoms with Crippen molar-refractivity contribution in [3.8, 4) is 11.5 Å². The molecule has 166 valence electrons. The Hall–Kier alpha value is -2.52. The van der Waals surface area contributed by atoms with Gasteiger partial charge in [0.2, 0.25) is 0 Å². The van der Waals surface area contributed by atoms with Crippen molar-refractivity contribution in [2.24, 2.45) is 5.41 Å². The van der Waals surface area contributed by atoms with Crippen LogP contribution in [-0.4, -0.2) is 16.8 Å². The highest BCUT2D eigenvalue weighted by molar-refractivity contribution is 5.53. The van der Waals surface area contributed by atoms with E-state index in [2.05, 4.69) is 76.4 Å². The van der Waals surface area contributed by atoms with Crippen LogP contribution in [0.5, 0.6) is 11.5 Å². The summed E-state index contributed by atoms with van der Waals surface area (Å²) in [7, 11) is 0. The first-order valence-electron chi connectivity index (χ1n) is 11.4. The molecular formula is C28H37NO2. The molecule has 1 aromatic carbocycles. The summed E-state index contributed by atoms with van der Waals surface area (Å²) in [6.07, 6.45) is 17.5. The third-order valence-corrected chi connectivity index (χ3v) is 6.56. The fourth-order valence-corrected chi connectivity index (χ4v) is 4.76. The molecule has 0 amide bonds. The molecule has 0 bridgehead atoms. The highest BCUT2D eigenvalue weighted by Crippen LogP contribution is 2.41. The summed E-state index contributed by atoms with van der Waals surface area (Å²) in [6.45, 7) is 12.0. The molecule has 0 radical (unpaired) electrons. The number of rotatable bonds is 5. The van der Waals surface area contributed by atoms with Crippen molar-refractivity contribution in [3.05, 3.63) is 82.0 Å². The number of allylic oxidation sites excluding steroid dienone is 9. The lowest BCUT2D eigenvalue weighted by atomic mass is 9.72. The van der Waals surface area contributed by atoms with Gasteiger partial charge in [0.1, 0.15) is 0 Å². The molecule has 0 spiro atoms. The SMILES string of the molecule is CC1=C(/C=C/C(C)=C/C=C/C(C)=C/C2NCCc3ccc(O)c(O)c32)C(C)(C)CCC1. The highest BCUT2D eigenvalue weighted by atomic mass is 16.3. The van der Waals surface area contributed by atoms with Crippen molar-refractivity contribution in [2.45, 2.75) is 66.3 Å². The van der Waals surface area contributed by atoms with Crippen LogP contribution in [0.1, 0.15) is 71.0 Å². The van der Waals surface area contributed by atoms with Gasteiger partial charge in [-0.25, -0.2) is 0 Å². The van der Waals surface area contributed by atoms with Crippen LogP contribution in [0.3, 0.4) is 0 Å². The molecule has 1 heterocycles. The van der Waals surface area contributed by atoms with E-state index in [9.17, 15) is 10.2 Å². The molecule has 3 nitrogen and oxygen atoms in total. The zero-order valence-corrected chi connectivity index (χ0v) is 19.6. The van der Waals surface area contributed by atoms with E-state index in [0.717, 1.165) is 29.7 Å². The van der Waals surface area contributed by atoms with Crippen molar-refractivity contribution in [1.29, 1.82) is 0 Å². The van der Waals surface area contributed by atoms with E-state index in [1.165, 1.54) is 36.0 Å². The summed E-state index contributed by atoms with van der Waals surface area (Å²) < 4.78 is 0. The van der Waals surface area contributed by atoms with Gasteiger partial charge in [0.15, 0.2) is 11.5 Å². The van der Waals surface area contributed by atoms with Gasteiger partial charge in [-0.05, 0) is 69.1 Å². The second-order valence-electron chi connectivity index (χ2n) is 9.63. The average molecular weight is 420 g/mol. The molecule has 1 aromatic rings. The summed E-state index contributed by atoms with van der Waals surface area (Å²) in [5.74, 6) is -0.0790. The Morgan fingerprint density at radius 2 is 1.87 bits per heavy atom. The maximum Gasteiger partial charge on any atom is 0.162 e. The first-order chi connectivity index (χ1) is 14.7. The van der Waals surface area contributed by atoms with Crippen molar-refractivity contribution < 1.29 is 10.2 Å². The molecule has 1 atom stereocenters. The van der Waals surface area contributed by atoms with Gasteiger partial charge in [-0.3, -0.25) is 0 Å². The standard InChI is InChI=1S/C28H37NO2/c1-19(11-13-23-21(3)10-7-16-28(23,4)5)8-6-9-20(2)18-24-26-22(15-17-29-24)12-14-25(30)27(26)31/h6,8-9,11-14,18,24,29-31H,7,10,15-17H2,1-5H3/b9-6+,13-11+,19-8+,20-18+. The molecule has 31 heavy (non-hydrogen) atoms. The number of aromatic hydroxyl groups is 2. The van der Waals surface area contributed by atoms with Crippen molar-refractivity contribution >= 4 is 0 Å². The summed E-state index contributed by atoms with van der Waals surface area (Å²) in [5.41, 5.74) is 7.45. The lowest BCUT2D eigenvalue weighted by molar-refractivity contribution is 0.377. The lowest BCUT2D eigenvalue weighted by Crippen LogP contribution is -2.28. The van der Waals surface area contributed by atoms with Crippen molar-refractivity contribution in [1.82, 2.24) is 5.32 Å². The Balaban J connectivity index is 1.71. The molecule has 3 heteroatoms. The van der Waals surface area contributed by atoms with Gasteiger partial charge in [-0.2, -0.15) is 0 Å². The molecular weight excluding hydrogens is 382 g/mol. The van der Waals surface area contributed by atoms with Gasteiger partial charge in [0.25, 0.3) is 0 Å². The van der Waals surface area contributed by atoms with Gasteiger partial charge in [-0.15, -0.1) is 0 Å². The maximum atomic E-state index is 10.3. The molecule has 1 unspecified atom stereocenters. The monoisotopic (exact) mass is 419 g/mol. The number of phenols is 2. The quantitative estimate of drug-likeness (QED) is 0.363. The second kappa shape index (κ2) is 9.74. The minimum absolute atomic E-state index is 0.0150. The largest absolute Gasteiger partial charge is 0.504 e. The van der Waals surface area contributed by atoms with E-state index in [0.29, 0.717) is 0 Å². The number of hydrogen-bond donors (Lipinski definition) is 3. The smallest absolute Gasteiger partial charge is 0.162 e. The van der Waals surface area contributed by atoms with Gasteiger partial charge in [0, 0.05) is 12.1 Å². The fourth-order valence-electron chi connectivity index (χ4n) is 4.76. The van der Waals surface area contributed by atoms with Gasteiger partial charge in [-0.1, -0.05) is 73.1 Å². The number of phenolic OH excluding ortho intramolecular Hbond substituents is 2. The highest BCUT2D eigenvalue weighted by Gasteiger charge is 2.26. The van der Waals surface area contributed by atoms with Crippen LogP contribution in [0, 0.1) is 5.41 Å². The summed E-state index contributed by atoms with van der Waals surface area (Å²) in [5, 5.41) is 23.7. The Morgan fingerprint density at radius 3 is 2.61 bits per heavy atom. The number of fused-ring (bicyclic) bond motifs is 1. The van der Waals surface area contributed by atoms with E-state index >= 15 is 0 Å². The number of benzene rings is 1. The van der Waals surface area contributed by atoms with Crippen molar-refractivity contribution in [2.75, 3.05) is 6.54 Å². The Labute approximate surface area is 187 Å². The van der Waals surface area contributed by atoms with Crippen LogP contribution in [0.25, 0.3) is 0 Å². The first-order valence-corrected chi connectivity index (χ1v) is 11.4. The normalized spacial score (nSPS) is 22.4. The van der Waals surface area contributed by atoms with E-state index in [-0.39, 0.29) is 23.0 Å². The van der Waals surface area contributed by atoms with Gasteiger partial charge in [0.05, 0.1) is 6.04 Å². The molecule has 0 aromatic heterocycles. The molecule has 1 aliphatic carbocycles. The summed E-state index contributed by atoms with van der Waals surface area (Å²) in [6, 6.07) is 3.37. The summed E-state index contributed by atoms with van der Waals surface area (Å²) >= 11 is 0. The van der Waals surface area contributed by atoms with Crippen LogP contribution in [0.15, 0.2) is 70.9 Å². The lowest BCUT2D eigenvalue weighted by Gasteiger charge is -2.32. The third kappa shape index (κ3) is 5.59. The topological polar surface area (TPSA) is 52.5 Å². The van der Waals surface area contributed by atoms with E-state index in [1.807, 2.05) is 6.07 Å². The van der Waals surface area contributed by atoms with E-state index < -0.39 is 0 Å². The number of nitrogens with one attached hydrogen (secondary N) is 1. The summed E-state index contributed by atoms with van der Waals surface area (Å²) in [4.78, 5) is 0. The Bertz CT molecular complexity index is 973. The zero-order valence-electron chi connectivity index (χ0n) is 19.6. The fraction of sp³-hybridized carbons (Fsp3) is 0.429. The van der Waals surface area contributed by atoms with E-state index in [4.69, 9.17) is 0 Å². The molecule has 2 aliphatic rings. The van der Waals surface area contributed by atoms with Crippen LogP contribution < -0.4 is 5.32 Å². The minimum atomic E-state index is -0.103. The van der Waals surface area contributed by atoms with Crippen LogP contribution in [0.2, 0.25) is 0 Å². The van der Waals surface area contributed by atoms with Crippen LogP contribution in [0.4, 0.5) is 0 Å². The van der Waals surface area contributed by atoms with E-state index in [1.54, 1.807) is 6.07 Å². The zero-order chi connectivity index (χ0) is 22.6. The maximum absolute atomic E-state index is 10.3. The van der Waals surface area contributed by atoms with Gasteiger partial charge >= 0.3 is 0 Å². The molecule has 0 fully saturated rings. The Kier molecular flexibility index (Phi) is 7.27. The Morgan fingerprint density at radius 1 is 1.10 bits per heavy atom. The van der Waals surface area contributed by atoms with Crippen LogP contribution in [-0.2, 0) is 6.42 Å². The molecule has 0 saturated heterocycles. The van der Waals surface area contributed by atoms with Crippen molar-refractivity contribution in [3.63, 3.8) is 0 Å².